The van der Waals surface area contributed by atoms with E-state index < -0.39 is 4.92 Å². The van der Waals surface area contributed by atoms with Gasteiger partial charge in [0.1, 0.15) is 11.6 Å². The number of nitrogens with two attached hydrogens (primary N) is 1. The van der Waals surface area contributed by atoms with Crippen molar-refractivity contribution >= 4 is 17.3 Å². The Balaban J connectivity index is 2.37. The van der Waals surface area contributed by atoms with Crippen molar-refractivity contribution in [2.24, 2.45) is 11.8 Å². The quantitative estimate of drug-likeness (QED) is 0.475. The van der Waals surface area contributed by atoms with Gasteiger partial charge in [0.25, 0.3) is 5.69 Å². The summed E-state index contributed by atoms with van der Waals surface area (Å²) in [5, 5.41) is 11.1. The summed E-state index contributed by atoms with van der Waals surface area (Å²) in [6.45, 7) is 5.12. The number of nitro groups is 1. The van der Waals surface area contributed by atoms with Crippen molar-refractivity contribution in [1.82, 2.24) is 4.98 Å². The van der Waals surface area contributed by atoms with Crippen LogP contribution in [0.25, 0.3) is 0 Å². The van der Waals surface area contributed by atoms with Crippen molar-refractivity contribution in [2.75, 3.05) is 16.9 Å². The number of pyridine rings is 1. The van der Waals surface area contributed by atoms with Gasteiger partial charge in [-0.25, -0.2) is 10.8 Å². The summed E-state index contributed by atoms with van der Waals surface area (Å²) in [5.41, 5.74) is 2.43. The van der Waals surface area contributed by atoms with Crippen LogP contribution >= 0.6 is 0 Å². The third kappa shape index (κ3) is 3.81. The highest BCUT2D eigenvalue weighted by atomic mass is 16.6. The molecule has 1 aliphatic carbocycles. The third-order valence-electron chi connectivity index (χ3n) is 3.78. The molecule has 21 heavy (non-hydrogen) atoms. The van der Waals surface area contributed by atoms with Gasteiger partial charge in [-0.2, -0.15) is 0 Å². The van der Waals surface area contributed by atoms with Gasteiger partial charge in [-0.05, 0) is 18.8 Å². The number of anilines is 2. The molecule has 0 saturated heterocycles. The van der Waals surface area contributed by atoms with Crippen LogP contribution in [0.5, 0.6) is 0 Å². The molecule has 0 aliphatic heterocycles. The van der Waals surface area contributed by atoms with E-state index in [1.807, 2.05) is 0 Å². The average molecular weight is 293 g/mol. The van der Waals surface area contributed by atoms with Crippen molar-refractivity contribution in [3.63, 3.8) is 0 Å². The van der Waals surface area contributed by atoms with Crippen LogP contribution in [0.3, 0.4) is 0 Å². The lowest BCUT2D eigenvalue weighted by atomic mass is 10.1. The molecule has 2 rings (SSSR count). The minimum atomic E-state index is -0.409. The normalized spacial score (nSPS) is 15.4. The molecule has 3 N–H and O–H groups in total. The number of nitrogens with zero attached hydrogens (tertiary/aromatic N) is 3. The molecule has 7 heteroatoms. The Morgan fingerprint density at radius 1 is 1.48 bits per heavy atom. The van der Waals surface area contributed by atoms with E-state index in [4.69, 9.17) is 5.84 Å². The Morgan fingerprint density at radius 3 is 2.67 bits per heavy atom. The van der Waals surface area contributed by atoms with Crippen LogP contribution in [0, 0.1) is 16.0 Å². The molecule has 0 radical (unpaired) electrons. The van der Waals surface area contributed by atoms with Crippen molar-refractivity contribution < 1.29 is 4.92 Å². The van der Waals surface area contributed by atoms with E-state index in [1.54, 1.807) is 6.07 Å². The van der Waals surface area contributed by atoms with E-state index in [0.29, 0.717) is 23.6 Å². The van der Waals surface area contributed by atoms with Crippen LogP contribution in [0.1, 0.15) is 39.5 Å². The smallest absolute Gasteiger partial charge is 0.276 e. The summed E-state index contributed by atoms with van der Waals surface area (Å²) in [6, 6.07) is 3.31. The van der Waals surface area contributed by atoms with E-state index in [9.17, 15) is 10.1 Å². The summed E-state index contributed by atoms with van der Waals surface area (Å²) in [6.07, 6.45) is 4.64. The Hall–Kier alpha value is -1.89. The molecular formula is C14H23N5O2. The van der Waals surface area contributed by atoms with Crippen molar-refractivity contribution in [3.05, 3.63) is 22.2 Å². The van der Waals surface area contributed by atoms with Crippen molar-refractivity contribution in [1.29, 1.82) is 0 Å². The van der Waals surface area contributed by atoms with Crippen LogP contribution in [0.2, 0.25) is 0 Å². The third-order valence-corrected chi connectivity index (χ3v) is 3.78. The van der Waals surface area contributed by atoms with E-state index >= 15 is 0 Å². The molecule has 1 fully saturated rings. The molecule has 116 valence electrons. The number of nitrogens with one attached hydrogen (secondary N) is 1. The molecule has 1 heterocycles. The Morgan fingerprint density at radius 2 is 2.14 bits per heavy atom. The Labute approximate surface area is 124 Å². The number of nitrogen functional groups attached to an aromatic ring is 1. The maximum atomic E-state index is 11.1. The van der Waals surface area contributed by atoms with Crippen LogP contribution in [0.4, 0.5) is 17.3 Å². The molecule has 0 aromatic carbocycles. The second-order valence-corrected chi connectivity index (χ2v) is 5.95. The van der Waals surface area contributed by atoms with Gasteiger partial charge in [0, 0.05) is 12.6 Å². The number of hydrazine groups is 1. The first-order chi connectivity index (χ1) is 10.0. The van der Waals surface area contributed by atoms with Gasteiger partial charge < -0.3 is 10.3 Å². The molecule has 0 spiro atoms. The second kappa shape index (κ2) is 6.71. The van der Waals surface area contributed by atoms with Gasteiger partial charge in [-0.1, -0.05) is 26.7 Å². The first kappa shape index (κ1) is 15.5. The number of aromatic nitrogens is 1. The number of rotatable bonds is 6. The molecule has 7 nitrogen and oxygen atoms in total. The highest BCUT2D eigenvalue weighted by molar-refractivity contribution is 5.56. The van der Waals surface area contributed by atoms with E-state index in [2.05, 4.69) is 29.2 Å². The maximum absolute atomic E-state index is 11.1. The van der Waals surface area contributed by atoms with E-state index in [1.165, 1.54) is 18.9 Å². The minimum absolute atomic E-state index is 0.0136. The van der Waals surface area contributed by atoms with Crippen LogP contribution < -0.4 is 16.2 Å². The summed E-state index contributed by atoms with van der Waals surface area (Å²) in [7, 11) is 0. The fraction of sp³-hybridized carbons (Fsp3) is 0.643. The first-order valence-electron chi connectivity index (χ1n) is 7.41. The number of hydrogen-bond acceptors (Lipinski definition) is 6. The van der Waals surface area contributed by atoms with Crippen LogP contribution in [-0.2, 0) is 0 Å². The maximum Gasteiger partial charge on any atom is 0.276 e. The van der Waals surface area contributed by atoms with Gasteiger partial charge >= 0.3 is 0 Å². The van der Waals surface area contributed by atoms with Gasteiger partial charge in [0.15, 0.2) is 0 Å². The lowest BCUT2D eigenvalue weighted by Crippen LogP contribution is -2.37. The van der Waals surface area contributed by atoms with Gasteiger partial charge in [0.2, 0.25) is 0 Å². The predicted molar refractivity (Wildman–Crippen MR) is 83.1 cm³/mol. The highest BCUT2D eigenvalue weighted by Crippen LogP contribution is 2.31. The first-order valence-corrected chi connectivity index (χ1v) is 7.41. The predicted octanol–water partition coefficient (Wildman–Crippen LogP) is 2.68. The fourth-order valence-electron chi connectivity index (χ4n) is 2.87. The highest BCUT2D eigenvalue weighted by Gasteiger charge is 2.26. The molecule has 1 aromatic heterocycles. The molecule has 0 atom stereocenters. The van der Waals surface area contributed by atoms with Crippen LogP contribution in [0.15, 0.2) is 12.1 Å². The summed E-state index contributed by atoms with van der Waals surface area (Å²) in [5.74, 6) is 6.81. The molecule has 1 aliphatic rings. The summed E-state index contributed by atoms with van der Waals surface area (Å²) in [4.78, 5) is 17.3. The number of hydrogen-bond donors (Lipinski definition) is 2. The Bertz CT molecular complexity index is 500. The molecule has 0 amide bonds. The summed E-state index contributed by atoms with van der Waals surface area (Å²) < 4.78 is 0. The standard InChI is InChI=1S/C14H23N5O2/c1-10(2)9-18(11-5-3-4-6-11)14-8-12(19(20)21)7-13(16-14)17-15/h7-8,10-11H,3-6,9,15H2,1-2H3,(H,16,17). The zero-order valence-electron chi connectivity index (χ0n) is 12.6. The van der Waals surface area contributed by atoms with E-state index in [-0.39, 0.29) is 5.69 Å². The van der Waals surface area contributed by atoms with Gasteiger partial charge in [-0.15, -0.1) is 0 Å². The average Bonchev–Trinajstić information content (AvgIpc) is 2.97. The molecule has 1 aromatic rings. The SMILES string of the molecule is CC(C)CN(c1cc([N+](=O)[O-])cc(NN)n1)C1CCCC1. The molecular weight excluding hydrogens is 270 g/mol. The monoisotopic (exact) mass is 293 g/mol. The molecule has 1 saturated carbocycles. The summed E-state index contributed by atoms with van der Waals surface area (Å²) >= 11 is 0. The van der Waals surface area contributed by atoms with Crippen LogP contribution in [-0.4, -0.2) is 22.5 Å². The van der Waals surface area contributed by atoms with Crippen molar-refractivity contribution in [2.45, 2.75) is 45.6 Å². The molecule has 0 unspecified atom stereocenters. The second-order valence-electron chi connectivity index (χ2n) is 5.95. The fourth-order valence-corrected chi connectivity index (χ4v) is 2.87. The lowest BCUT2D eigenvalue weighted by molar-refractivity contribution is -0.384. The molecule has 0 bridgehead atoms. The largest absolute Gasteiger partial charge is 0.353 e. The Kier molecular flexibility index (Phi) is 4.95. The lowest BCUT2D eigenvalue weighted by Gasteiger charge is -2.31. The van der Waals surface area contributed by atoms with Crippen molar-refractivity contribution in [3.8, 4) is 0 Å². The van der Waals surface area contributed by atoms with Gasteiger partial charge in [-0.3, -0.25) is 10.1 Å². The zero-order chi connectivity index (χ0) is 15.4. The van der Waals surface area contributed by atoms with E-state index in [0.717, 1.165) is 19.4 Å². The topological polar surface area (TPSA) is 97.3 Å². The van der Waals surface area contributed by atoms with Gasteiger partial charge in [0.05, 0.1) is 17.1 Å². The minimum Gasteiger partial charge on any atom is -0.353 e. The zero-order valence-corrected chi connectivity index (χ0v) is 12.6.